The molecule has 1 atom stereocenters. The minimum atomic E-state index is 0.668. The zero-order valence-electron chi connectivity index (χ0n) is 12.9. The molecule has 0 bridgehead atoms. The monoisotopic (exact) mass is 355 g/mol. The van der Waals surface area contributed by atoms with E-state index in [1.807, 2.05) is 31.2 Å². The van der Waals surface area contributed by atoms with Crippen LogP contribution in [-0.4, -0.2) is 42.6 Å². The highest BCUT2D eigenvalue weighted by Crippen LogP contribution is 2.27. The fourth-order valence-electron chi connectivity index (χ4n) is 2.95. The lowest BCUT2D eigenvalue weighted by atomic mass is 10.1. The second kappa shape index (κ2) is 9.31. The Balaban J connectivity index is 1.78. The molecule has 1 aliphatic heterocycles. The van der Waals surface area contributed by atoms with E-state index in [1.165, 1.54) is 32.2 Å². The molecule has 1 heterocycles. The molecule has 0 N–H and O–H groups in total. The lowest BCUT2D eigenvalue weighted by Crippen LogP contribution is -2.33. The summed E-state index contributed by atoms with van der Waals surface area (Å²) in [4.78, 5) is 2.58. The molecule has 0 aliphatic carbocycles. The van der Waals surface area contributed by atoms with Crippen LogP contribution in [0.2, 0.25) is 0 Å². The van der Waals surface area contributed by atoms with E-state index >= 15 is 0 Å². The van der Waals surface area contributed by atoms with Crippen LogP contribution in [0.4, 0.5) is 0 Å². The van der Waals surface area contributed by atoms with Gasteiger partial charge in [-0.15, -0.1) is 0 Å². The maximum absolute atomic E-state index is 5.93. The van der Waals surface area contributed by atoms with E-state index in [-0.39, 0.29) is 0 Å². The number of nitrogens with zero attached hydrogens (tertiary/aromatic N) is 1. The Morgan fingerprint density at radius 1 is 1.24 bits per heavy atom. The second-order valence-electron chi connectivity index (χ2n) is 5.39. The van der Waals surface area contributed by atoms with Crippen LogP contribution in [0.25, 0.3) is 0 Å². The number of ether oxygens (including phenoxy) is 2. The van der Waals surface area contributed by atoms with Crippen LogP contribution in [0.3, 0.4) is 0 Å². The van der Waals surface area contributed by atoms with Crippen molar-refractivity contribution in [1.82, 2.24) is 4.90 Å². The summed E-state index contributed by atoms with van der Waals surface area (Å²) in [5.74, 6) is 1.70. The zero-order chi connectivity index (χ0) is 14.9. The molecule has 21 heavy (non-hydrogen) atoms. The van der Waals surface area contributed by atoms with E-state index < -0.39 is 0 Å². The summed E-state index contributed by atoms with van der Waals surface area (Å²) in [6, 6.07) is 8.67. The Bertz CT molecular complexity index is 414. The Morgan fingerprint density at radius 2 is 2.00 bits per heavy atom. The molecule has 3 nitrogen and oxygen atoms in total. The molecule has 0 spiro atoms. The van der Waals surface area contributed by atoms with Crippen molar-refractivity contribution in [3.63, 3.8) is 0 Å². The van der Waals surface area contributed by atoms with Gasteiger partial charge in [-0.1, -0.05) is 28.1 Å². The van der Waals surface area contributed by atoms with Crippen LogP contribution in [0.1, 0.15) is 32.6 Å². The minimum absolute atomic E-state index is 0.668. The zero-order valence-corrected chi connectivity index (χ0v) is 14.5. The van der Waals surface area contributed by atoms with Crippen molar-refractivity contribution in [2.24, 2.45) is 0 Å². The number of hydrogen-bond donors (Lipinski definition) is 0. The van der Waals surface area contributed by atoms with E-state index in [1.54, 1.807) is 0 Å². The quantitative estimate of drug-likeness (QED) is 0.622. The summed E-state index contributed by atoms with van der Waals surface area (Å²) in [6.07, 6.45) is 5.21. The van der Waals surface area contributed by atoms with Gasteiger partial charge in [0.25, 0.3) is 0 Å². The SMILES string of the molecule is CCOc1ccccc1OCCN1CCCC1CCCBr. The third kappa shape index (κ3) is 5.19. The third-order valence-corrected chi connectivity index (χ3v) is 4.52. The van der Waals surface area contributed by atoms with Gasteiger partial charge in [0.05, 0.1) is 6.61 Å². The van der Waals surface area contributed by atoms with Gasteiger partial charge < -0.3 is 9.47 Å². The first-order valence-corrected chi connectivity index (χ1v) is 9.12. The van der Waals surface area contributed by atoms with Crippen LogP contribution in [0, 0.1) is 0 Å². The standard InChI is InChI=1S/C17H26BrNO2/c1-2-20-16-9-3-4-10-17(16)21-14-13-19-12-6-8-15(19)7-5-11-18/h3-4,9-10,15H,2,5-8,11-14H2,1H3. The fraction of sp³-hybridized carbons (Fsp3) is 0.647. The van der Waals surface area contributed by atoms with Gasteiger partial charge in [0, 0.05) is 17.9 Å². The Kier molecular flexibility index (Phi) is 7.37. The molecular weight excluding hydrogens is 330 g/mol. The van der Waals surface area contributed by atoms with Crippen LogP contribution in [-0.2, 0) is 0 Å². The first-order valence-electron chi connectivity index (χ1n) is 7.99. The third-order valence-electron chi connectivity index (χ3n) is 3.96. The normalized spacial score (nSPS) is 18.9. The van der Waals surface area contributed by atoms with E-state index in [9.17, 15) is 0 Å². The van der Waals surface area contributed by atoms with E-state index in [4.69, 9.17) is 9.47 Å². The molecule has 1 aromatic carbocycles. The summed E-state index contributed by atoms with van der Waals surface area (Å²) in [7, 11) is 0. The second-order valence-corrected chi connectivity index (χ2v) is 6.18. The van der Waals surface area contributed by atoms with Crippen molar-refractivity contribution < 1.29 is 9.47 Å². The number of likely N-dealkylation sites (tertiary alicyclic amines) is 1. The highest BCUT2D eigenvalue weighted by Gasteiger charge is 2.23. The van der Waals surface area contributed by atoms with E-state index in [0.717, 1.165) is 36.0 Å². The maximum atomic E-state index is 5.93. The van der Waals surface area contributed by atoms with Crippen LogP contribution in [0.5, 0.6) is 11.5 Å². The van der Waals surface area contributed by atoms with Gasteiger partial charge in [0.15, 0.2) is 11.5 Å². The maximum Gasteiger partial charge on any atom is 0.161 e. The molecule has 1 fully saturated rings. The molecule has 118 valence electrons. The predicted molar refractivity (Wildman–Crippen MR) is 90.7 cm³/mol. The first-order chi connectivity index (χ1) is 10.3. The van der Waals surface area contributed by atoms with Crippen LogP contribution >= 0.6 is 15.9 Å². The molecule has 0 aromatic heterocycles. The molecule has 1 aromatic rings. The molecule has 4 heteroatoms. The van der Waals surface area contributed by atoms with Crippen LogP contribution in [0.15, 0.2) is 24.3 Å². The lowest BCUT2D eigenvalue weighted by Gasteiger charge is -2.24. The Morgan fingerprint density at radius 3 is 2.71 bits per heavy atom. The number of halogens is 1. The molecule has 0 amide bonds. The molecule has 2 rings (SSSR count). The summed E-state index contributed by atoms with van der Waals surface area (Å²) in [5.41, 5.74) is 0. The average molecular weight is 356 g/mol. The van der Waals surface area contributed by atoms with Gasteiger partial charge in [-0.25, -0.2) is 0 Å². The first kappa shape index (κ1) is 16.6. The highest BCUT2D eigenvalue weighted by molar-refractivity contribution is 9.09. The summed E-state index contributed by atoms with van der Waals surface area (Å²) in [5, 5.41) is 1.11. The van der Waals surface area contributed by atoms with E-state index in [2.05, 4.69) is 20.8 Å². The number of hydrogen-bond acceptors (Lipinski definition) is 3. The molecular formula is C17H26BrNO2. The van der Waals surface area contributed by atoms with Crippen molar-refractivity contribution in [2.75, 3.05) is 31.6 Å². The topological polar surface area (TPSA) is 21.7 Å². The highest BCUT2D eigenvalue weighted by atomic mass is 79.9. The molecule has 0 saturated carbocycles. The number of alkyl halides is 1. The minimum Gasteiger partial charge on any atom is -0.490 e. The number of rotatable bonds is 9. The summed E-state index contributed by atoms with van der Waals surface area (Å²) in [6.45, 7) is 5.61. The van der Waals surface area contributed by atoms with Gasteiger partial charge in [-0.05, 0) is 51.3 Å². The van der Waals surface area contributed by atoms with E-state index in [0.29, 0.717) is 6.61 Å². The Labute approximate surface area is 136 Å². The van der Waals surface area contributed by atoms with Crippen molar-refractivity contribution in [3.05, 3.63) is 24.3 Å². The van der Waals surface area contributed by atoms with Gasteiger partial charge in [0.2, 0.25) is 0 Å². The average Bonchev–Trinajstić information content (AvgIpc) is 2.94. The molecule has 1 saturated heterocycles. The van der Waals surface area contributed by atoms with Crippen molar-refractivity contribution >= 4 is 15.9 Å². The lowest BCUT2D eigenvalue weighted by molar-refractivity contribution is 0.186. The molecule has 1 unspecified atom stereocenters. The molecule has 0 radical (unpaired) electrons. The summed E-state index contributed by atoms with van der Waals surface area (Å²) < 4.78 is 11.5. The molecule has 1 aliphatic rings. The number of para-hydroxylation sites is 2. The van der Waals surface area contributed by atoms with Crippen LogP contribution < -0.4 is 9.47 Å². The largest absolute Gasteiger partial charge is 0.490 e. The van der Waals surface area contributed by atoms with Crippen molar-refractivity contribution in [3.8, 4) is 11.5 Å². The predicted octanol–water partition coefficient (Wildman–Crippen LogP) is 4.10. The number of benzene rings is 1. The smallest absolute Gasteiger partial charge is 0.161 e. The van der Waals surface area contributed by atoms with Gasteiger partial charge in [-0.3, -0.25) is 4.90 Å². The van der Waals surface area contributed by atoms with Gasteiger partial charge in [0.1, 0.15) is 6.61 Å². The van der Waals surface area contributed by atoms with Crippen molar-refractivity contribution in [2.45, 2.75) is 38.6 Å². The van der Waals surface area contributed by atoms with Crippen molar-refractivity contribution in [1.29, 1.82) is 0 Å². The Hall–Kier alpha value is -0.740. The fourth-order valence-corrected chi connectivity index (χ4v) is 3.27. The van der Waals surface area contributed by atoms with Gasteiger partial charge >= 0.3 is 0 Å². The summed E-state index contributed by atoms with van der Waals surface area (Å²) >= 11 is 3.53. The van der Waals surface area contributed by atoms with Gasteiger partial charge in [-0.2, -0.15) is 0 Å².